The van der Waals surface area contributed by atoms with Gasteiger partial charge in [0.15, 0.2) is 9.84 Å². The number of fused-ring (bicyclic) bond motifs is 1. The van der Waals surface area contributed by atoms with E-state index in [1.165, 1.54) is 0 Å². The summed E-state index contributed by atoms with van der Waals surface area (Å²) in [6.07, 6.45) is 5.29. The van der Waals surface area contributed by atoms with E-state index in [1.54, 1.807) is 6.20 Å². The highest BCUT2D eigenvalue weighted by Crippen LogP contribution is 2.29. The number of aliphatic carboxylic acids is 1. The zero-order valence-electron chi connectivity index (χ0n) is 11.2. The summed E-state index contributed by atoms with van der Waals surface area (Å²) in [7, 11) is -2.90. The molecule has 1 N–H and O–H groups in total. The van der Waals surface area contributed by atoms with Crippen LogP contribution in [0.4, 0.5) is 0 Å². The van der Waals surface area contributed by atoms with E-state index >= 15 is 0 Å². The van der Waals surface area contributed by atoms with E-state index in [-0.39, 0.29) is 17.4 Å². The van der Waals surface area contributed by atoms with Crippen molar-refractivity contribution in [2.45, 2.75) is 38.1 Å². The van der Waals surface area contributed by atoms with E-state index in [2.05, 4.69) is 4.98 Å². The molecule has 0 saturated carbocycles. The van der Waals surface area contributed by atoms with Gasteiger partial charge in [-0.1, -0.05) is 0 Å². The quantitative estimate of drug-likeness (QED) is 0.892. The van der Waals surface area contributed by atoms with Gasteiger partial charge in [0.2, 0.25) is 0 Å². The average molecular weight is 298 g/mol. The lowest BCUT2D eigenvalue weighted by molar-refractivity contribution is -0.141. The molecule has 2 unspecified atom stereocenters. The van der Waals surface area contributed by atoms with Crippen molar-refractivity contribution in [3.8, 4) is 0 Å². The highest BCUT2D eigenvalue weighted by Gasteiger charge is 2.32. The Hall–Kier alpha value is -1.37. The maximum Gasteiger partial charge on any atom is 0.326 e. The van der Waals surface area contributed by atoms with Gasteiger partial charge in [0, 0.05) is 18.3 Å². The van der Waals surface area contributed by atoms with E-state index in [0.29, 0.717) is 19.3 Å². The van der Waals surface area contributed by atoms with E-state index in [4.69, 9.17) is 0 Å². The van der Waals surface area contributed by atoms with Crippen molar-refractivity contribution in [3.05, 3.63) is 17.7 Å². The SMILES string of the molecule is O=C(O)C1CCCc2cnc(CC3CCS(=O)(=O)C3)n21. The number of hydrogen-bond donors (Lipinski definition) is 1. The normalized spacial score (nSPS) is 28.2. The topological polar surface area (TPSA) is 89.3 Å². The predicted molar refractivity (Wildman–Crippen MR) is 72.3 cm³/mol. The summed E-state index contributed by atoms with van der Waals surface area (Å²) >= 11 is 0. The van der Waals surface area contributed by atoms with Gasteiger partial charge in [-0.2, -0.15) is 0 Å². The van der Waals surface area contributed by atoms with Crippen LogP contribution in [-0.2, 0) is 27.5 Å². The summed E-state index contributed by atoms with van der Waals surface area (Å²) in [4.78, 5) is 15.7. The number of rotatable bonds is 3. The number of imidazole rings is 1. The molecule has 110 valence electrons. The second kappa shape index (κ2) is 4.87. The molecule has 0 spiro atoms. The van der Waals surface area contributed by atoms with Gasteiger partial charge < -0.3 is 9.67 Å². The van der Waals surface area contributed by atoms with Crippen molar-refractivity contribution >= 4 is 15.8 Å². The first-order valence-corrected chi connectivity index (χ1v) is 8.76. The molecule has 1 saturated heterocycles. The first-order chi connectivity index (χ1) is 9.46. The van der Waals surface area contributed by atoms with Crippen LogP contribution in [0.25, 0.3) is 0 Å². The number of hydrogen-bond acceptors (Lipinski definition) is 4. The Morgan fingerprint density at radius 3 is 2.90 bits per heavy atom. The van der Waals surface area contributed by atoms with E-state index in [0.717, 1.165) is 24.4 Å². The number of carboxylic acid groups (broad SMARTS) is 1. The molecule has 0 amide bonds. The molecule has 1 fully saturated rings. The van der Waals surface area contributed by atoms with Crippen LogP contribution in [0, 0.1) is 5.92 Å². The van der Waals surface area contributed by atoms with Crippen molar-refractivity contribution in [1.82, 2.24) is 9.55 Å². The molecule has 20 heavy (non-hydrogen) atoms. The molecule has 0 radical (unpaired) electrons. The first-order valence-electron chi connectivity index (χ1n) is 6.94. The molecule has 0 aliphatic carbocycles. The third kappa shape index (κ3) is 2.46. The Balaban J connectivity index is 1.85. The van der Waals surface area contributed by atoms with Gasteiger partial charge in [0.1, 0.15) is 11.9 Å². The number of nitrogens with zero attached hydrogens (tertiary/aromatic N) is 2. The number of carboxylic acids is 1. The van der Waals surface area contributed by atoms with E-state index in [9.17, 15) is 18.3 Å². The number of aryl methyl sites for hydroxylation is 1. The standard InChI is InChI=1S/C13H18N2O4S/c16-13(17)11-3-1-2-10-7-14-12(15(10)11)6-9-4-5-20(18,19)8-9/h7,9,11H,1-6,8H2,(H,16,17). The molecule has 3 rings (SSSR count). The molecule has 2 atom stereocenters. The monoisotopic (exact) mass is 298 g/mol. The zero-order chi connectivity index (χ0) is 14.3. The largest absolute Gasteiger partial charge is 0.480 e. The smallest absolute Gasteiger partial charge is 0.326 e. The third-order valence-electron chi connectivity index (χ3n) is 4.26. The molecule has 2 aliphatic heterocycles. The van der Waals surface area contributed by atoms with Crippen molar-refractivity contribution in [1.29, 1.82) is 0 Å². The molecule has 0 aromatic carbocycles. The fourth-order valence-corrected chi connectivity index (χ4v) is 5.15. The van der Waals surface area contributed by atoms with Crippen LogP contribution in [0.15, 0.2) is 6.20 Å². The Kier molecular flexibility index (Phi) is 3.32. The number of carbonyl (C=O) groups is 1. The lowest BCUT2D eigenvalue weighted by Crippen LogP contribution is -2.27. The highest BCUT2D eigenvalue weighted by atomic mass is 32.2. The van der Waals surface area contributed by atoms with Gasteiger partial charge in [-0.05, 0) is 31.6 Å². The van der Waals surface area contributed by atoms with Crippen molar-refractivity contribution in [3.63, 3.8) is 0 Å². The van der Waals surface area contributed by atoms with Crippen LogP contribution in [0.5, 0.6) is 0 Å². The molecule has 7 heteroatoms. The lowest BCUT2D eigenvalue weighted by Gasteiger charge is -2.24. The average Bonchev–Trinajstić information content (AvgIpc) is 2.93. The molecule has 2 aliphatic rings. The van der Waals surface area contributed by atoms with Crippen LogP contribution in [0.3, 0.4) is 0 Å². The summed E-state index contributed by atoms with van der Waals surface area (Å²) in [5.74, 6) is 0.418. The fourth-order valence-electron chi connectivity index (χ4n) is 3.29. The maximum absolute atomic E-state index is 11.5. The molecule has 0 bridgehead atoms. The second-order valence-corrected chi connectivity index (χ2v) is 7.98. The number of aromatic nitrogens is 2. The molecule has 1 aromatic heterocycles. The molecular weight excluding hydrogens is 280 g/mol. The van der Waals surface area contributed by atoms with Gasteiger partial charge >= 0.3 is 5.97 Å². The van der Waals surface area contributed by atoms with Gasteiger partial charge in [-0.3, -0.25) is 0 Å². The first kappa shape index (κ1) is 13.6. The Morgan fingerprint density at radius 1 is 1.45 bits per heavy atom. The molecule has 6 nitrogen and oxygen atoms in total. The van der Waals surface area contributed by atoms with Crippen LogP contribution in [0.1, 0.15) is 36.8 Å². The summed E-state index contributed by atoms with van der Waals surface area (Å²) < 4.78 is 24.8. The van der Waals surface area contributed by atoms with Gasteiger partial charge in [0.25, 0.3) is 0 Å². The van der Waals surface area contributed by atoms with E-state index in [1.807, 2.05) is 4.57 Å². The molecular formula is C13H18N2O4S. The van der Waals surface area contributed by atoms with Crippen molar-refractivity contribution < 1.29 is 18.3 Å². The predicted octanol–water partition coefficient (Wildman–Crippen LogP) is 0.822. The zero-order valence-corrected chi connectivity index (χ0v) is 12.0. The van der Waals surface area contributed by atoms with Gasteiger partial charge in [-0.15, -0.1) is 0 Å². The third-order valence-corrected chi connectivity index (χ3v) is 6.09. The molecule has 3 heterocycles. The minimum Gasteiger partial charge on any atom is -0.480 e. The summed E-state index contributed by atoms with van der Waals surface area (Å²) in [5.41, 5.74) is 0.958. The van der Waals surface area contributed by atoms with Crippen LogP contribution in [-0.4, -0.2) is 40.6 Å². The minimum atomic E-state index is -2.90. The van der Waals surface area contributed by atoms with Crippen molar-refractivity contribution in [2.75, 3.05) is 11.5 Å². The Morgan fingerprint density at radius 2 is 2.25 bits per heavy atom. The van der Waals surface area contributed by atoms with Gasteiger partial charge in [-0.25, -0.2) is 18.2 Å². The highest BCUT2D eigenvalue weighted by molar-refractivity contribution is 7.91. The van der Waals surface area contributed by atoms with Crippen molar-refractivity contribution in [2.24, 2.45) is 5.92 Å². The summed E-state index contributed by atoms with van der Waals surface area (Å²) in [5, 5.41) is 9.33. The lowest BCUT2D eigenvalue weighted by atomic mass is 10.0. The second-order valence-electron chi connectivity index (χ2n) is 5.76. The summed E-state index contributed by atoms with van der Waals surface area (Å²) in [6.45, 7) is 0. The summed E-state index contributed by atoms with van der Waals surface area (Å²) in [6, 6.07) is -0.547. The van der Waals surface area contributed by atoms with Crippen LogP contribution >= 0.6 is 0 Å². The Labute approximate surface area is 117 Å². The maximum atomic E-state index is 11.5. The van der Waals surface area contributed by atoms with E-state index < -0.39 is 21.8 Å². The van der Waals surface area contributed by atoms with Crippen LogP contribution < -0.4 is 0 Å². The number of sulfone groups is 1. The van der Waals surface area contributed by atoms with Crippen LogP contribution in [0.2, 0.25) is 0 Å². The molecule has 1 aromatic rings. The van der Waals surface area contributed by atoms with Gasteiger partial charge in [0.05, 0.1) is 11.5 Å². The Bertz CT molecular complexity index is 635. The fraction of sp³-hybridized carbons (Fsp3) is 0.692. The minimum absolute atomic E-state index is 0.0721.